The van der Waals surface area contributed by atoms with E-state index in [1.54, 1.807) is 0 Å². The number of carboxylic acid groups (broad SMARTS) is 1. The van der Waals surface area contributed by atoms with Gasteiger partial charge in [-0.1, -0.05) is 13.0 Å². The average molecular weight is 307 g/mol. The molecule has 22 heavy (non-hydrogen) atoms. The average Bonchev–Trinajstić information content (AvgIpc) is 2.46. The van der Waals surface area contributed by atoms with Gasteiger partial charge in [-0.05, 0) is 50.3 Å². The fourth-order valence-corrected chi connectivity index (χ4v) is 2.15. The first-order chi connectivity index (χ1) is 10.6. The summed E-state index contributed by atoms with van der Waals surface area (Å²) in [5.74, 6) is -0.107. The van der Waals surface area contributed by atoms with Crippen molar-refractivity contribution in [3.63, 3.8) is 0 Å². The second kappa shape index (κ2) is 9.82. The highest BCUT2D eigenvalue weighted by atomic mass is 16.5. The lowest BCUT2D eigenvalue weighted by Gasteiger charge is -2.13. The van der Waals surface area contributed by atoms with Gasteiger partial charge >= 0.3 is 5.97 Å². The van der Waals surface area contributed by atoms with Crippen LogP contribution < -0.4 is 10.1 Å². The maximum Gasteiger partial charge on any atom is 0.303 e. The summed E-state index contributed by atoms with van der Waals surface area (Å²) >= 11 is 0. The summed E-state index contributed by atoms with van der Waals surface area (Å²) in [5.41, 5.74) is 1.77. The number of carbonyl (C=O) groups is 2. The number of ether oxygens (including phenoxy) is 1. The van der Waals surface area contributed by atoms with Crippen LogP contribution in [-0.2, 0) is 16.0 Å². The number of carbonyl (C=O) groups excluding carboxylic acids is 1. The normalized spacial score (nSPS) is 10.3. The summed E-state index contributed by atoms with van der Waals surface area (Å²) < 4.78 is 5.59. The van der Waals surface area contributed by atoms with Crippen LogP contribution in [0.5, 0.6) is 5.75 Å². The Morgan fingerprint density at radius 3 is 2.59 bits per heavy atom. The van der Waals surface area contributed by atoms with Crippen LogP contribution >= 0.6 is 0 Å². The Kier molecular flexibility index (Phi) is 8.04. The van der Waals surface area contributed by atoms with Crippen molar-refractivity contribution in [3.05, 3.63) is 23.8 Å². The third kappa shape index (κ3) is 6.61. The maximum absolute atomic E-state index is 11.7. The van der Waals surface area contributed by atoms with Crippen molar-refractivity contribution >= 4 is 17.6 Å². The van der Waals surface area contributed by atoms with Gasteiger partial charge in [-0.2, -0.15) is 0 Å². The third-order valence-electron chi connectivity index (χ3n) is 3.20. The molecule has 0 aliphatic carbocycles. The molecule has 0 spiro atoms. The van der Waals surface area contributed by atoms with Crippen LogP contribution in [0.3, 0.4) is 0 Å². The minimum absolute atomic E-state index is 0.0161. The molecule has 0 atom stereocenters. The number of anilines is 1. The number of hydrogen-bond donors (Lipinski definition) is 2. The smallest absolute Gasteiger partial charge is 0.303 e. The van der Waals surface area contributed by atoms with E-state index in [1.165, 1.54) is 0 Å². The predicted molar refractivity (Wildman–Crippen MR) is 86.3 cm³/mol. The van der Waals surface area contributed by atoms with Crippen molar-refractivity contribution in [2.24, 2.45) is 0 Å². The van der Waals surface area contributed by atoms with E-state index < -0.39 is 5.97 Å². The number of benzene rings is 1. The predicted octanol–water partition coefficient (Wildman–Crippen LogP) is 3.62. The van der Waals surface area contributed by atoms with Crippen molar-refractivity contribution in [3.8, 4) is 5.75 Å². The first-order valence-corrected chi connectivity index (χ1v) is 7.84. The SMILES string of the molecule is CCCC(=O)Nc1ccc(CCCCC(=O)O)cc1OCC. The molecule has 5 nitrogen and oxygen atoms in total. The first-order valence-electron chi connectivity index (χ1n) is 7.84. The summed E-state index contributed by atoms with van der Waals surface area (Å²) in [5, 5.41) is 11.5. The Morgan fingerprint density at radius 1 is 1.18 bits per heavy atom. The third-order valence-corrected chi connectivity index (χ3v) is 3.20. The number of rotatable bonds is 10. The Hall–Kier alpha value is -2.04. The summed E-state index contributed by atoms with van der Waals surface area (Å²) in [7, 11) is 0. The molecule has 0 fully saturated rings. The maximum atomic E-state index is 11.7. The molecule has 0 aliphatic heterocycles. The van der Waals surface area contributed by atoms with E-state index in [1.807, 2.05) is 32.0 Å². The highest BCUT2D eigenvalue weighted by Crippen LogP contribution is 2.27. The number of nitrogens with one attached hydrogen (secondary N) is 1. The van der Waals surface area contributed by atoms with Crippen LogP contribution in [-0.4, -0.2) is 23.6 Å². The zero-order valence-electron chi connectivity index (χ0n) is 13.4. The van der Waals surface area contributed by atoms with E-state index in [2.05, 4.69) is 5.32 Å². The highest BCUT2D eigenvalue weighted by Gasteiger charge is 2.08. The van der Waals surface area contributed by atoms with Crippen LogP contribution in [0.15, 0.2) is 18.2 Å². The molecule has 0 saturated heterocycles. The molecule has 0 heterocycles. The van der Waals surface area contributed by atoms with E-state index in [9.17, 15) is 9.59 Å². The van der Waals surface area contributed by atoms with E-state index in [-0.39, 0.29) is 12.3 Å². The topological polar surface area (TPSA) is 75.6 Å². The Bertz CT molecular complexity index is 499. The molecule has 0 bridgehead atoms. The van der Waals surface area contributed by atoms with Gasteiger partial charge in [-0.3, -0.25) is 9.59 Å². The summed E-state index contributed by atoms with van der Waals surface area (Å²) in [4.78, 5) is 22.2. The molecule has 0 unspecified atom stereocenters. The van der Waals surface area contributed by atoms with Crippen LogP contribution in [0.2, 0.25) is 0 Å². The molecule has 122 valence electrons. The number of amides is 1. The molecule has 0 radical (unpaired) electrons. The van der Waals surface area contributed by atoms with Crippen molar-refractivity contribution in [1.82, 2.24) is 0 Å². The monoisotopic (exact) mass is 307 g/mol. The number of carboxylic acids is 1. The van der Waals surface area contributed by atoms with Crippen molar-refractivity contribution < 1.29 is 19.4 Å². The molecule has 1 amide bonds. The summed E-state index contributed by atoms with van der Waals surface area (Å²) in [6, 6.07) is 5.72. The minimum atomic E-state index is -0.760. The molecule has 1 aromatic rings. The largest absolute Gasteiger partial charge is 0.492 e. The Balaban J connectivity index is 2.67. The number of aliphatic carboxylic acids is 1. The molecule has 1 rings (SSSR count). The quantitative estimate of drug-likeness (QED) is 0.647. The Morgan fingerprint density at radius 2 is 1.95 bits per heavy atom. The van der Waals surface area contributed by atoms with Gasteiger partial charge in [-0.25, -0.2) is 0 Å². The zero-order valence-corrected chi connectivity index (χ0v) is 13.4. The molecular formula is C17H25NO4. The second-order valence-electron chi connectivity index (χ2n) is 5.16. The fourth-order valence-electron chi connectivity index (χ4n) is 2.15. The van der Waals surface area contributed by atoms with Gasteiger partial charge in [0, 0.05) is 12.8 Å². The van der Waals surface area contributed by atoms with Gasteiger partial charge in [0.15, 0.2) is 0 Å². The van der Waals surface area contributed by atoms with Gasteiger partial charge < -0.3 is 15.2 Å². The van der Waals surface area contributed by atoms with Crippen LogP contribution in [0.1, 0.15) is 51.5 Å². The molecule has 0 saturated carbocycles. The molecular weight excluding hydrogens is 282 g/mol. The van der Waals surface area contributed by atoms with E-state index in [4.69, 9.17) is 9.84 Å². The number of aryl methyl sites for hydroxylation is 1. The summed E-state index contributed by atoms with van der Waals surface area (Å²) in [6.07, 6.45) is 3.77. The fraction of sp³-hybridized carbons (Fsp3) is 0.529. The minimum Gasteiger partial charge on any atom is -0.492 e. The number of unbranched alkanes of at least 4 members (excludes halogenated alkanes) is 1. The lowest BCUT2D eigenvalue weighted by Crippen LogP contribution is -2.12. The number of hydrogen-bond acceptors (Lipinski definition) is 3. The molecule has 2 N–H and O–H groups in total. The van der Waals surface area contributed by atoms with Gasteiger partial charge in [0.1, 0.15) is 5.75 Å². The van der Waals surface area contributed by atoms with Crippen LogP contribution in [0, 0.1) is 0 Å². The second-order valence-corrected chi connectivity index (χ2v) is 5.16. The van der Waals surface area contributed by atoms with Gasteiger partial charge in [-0.15, -0.1) is 0 Å². The van der Waals surface area contributed by atoms with E-state index in [0.29, 0.717) is 30.9 Å². The van der Waals surface area contributed by atoms with Gasteiger partial charge in [0.2, 0.25) is 5.91 Å². The van der Waals surface area contributed by atoms with Crippen molar-refractivity contribution in [1.29, 1.82) is 0 Å². The first kappa shape index (κ1) is 18.0. The zero-order chi connectivity index (χ0) is 16.4. The van der Waals surface area contributed by atoms with Crippen LogP contribution in [0.25, 0.3) is 0 Å². The van der Waals surface area contributed by atoms with E-state index in [0.717, 1.165) is 24.8 Å². The Labute approximate surface area is 131 Å². The standard InChI is InChI=1S/C17H25NO4/c1-3-7-16(19)18-14-11-10-13(12-15(14)22-4-2)8-5-6-9-17(20)21/h10-12H,3-9H2,1-2H3,(H,18,19)(H,20,21). The molecule has 1 aromatic carbocycles. The molecule has 0 aromatic heterocycles. The van der Waals surface area contributed by atoms with Crippen molar-refractivity contribution in [2.75, 3.05) is 11.9 Å². The molecule has 0 aliphatic rings. The molecule has 5 heteroatoms. The van der Waals surface area contributed by atoms with E-state index >= 15 is 0 Å². The van der Waals surface area contributed by atoms with Gasteiger partial charge in [0.25, 0.3) is 0 Å². The van der Waals surface area contributed by atoms with Crippen LogP contribution in [0.4, 0.5) is 5.69 Å². The summed E-state index contributed by atoms with van der Waals surface area (Å²) in [6.45, 7) is 4.39. The lowest BCUT2D eigenvalue weighted by molar-refractivity contribution is -0.137. The lowest BCUT2D eigenvalue weighted by atomic mass is 10.1. The highest BCUT2D eigenvalue weighted by molar-refractivity contribution is 5.92. The van der Waals surface area contributed by atoms with Gasteiger partial charge in [0.05, 0.1) is 12.3 Å². The van der Waals surface area contributed by atoms with Crippen molar-refractivity contribution in [2.45, 2.75) is 52.4 Å².